The molecule has 1 aliphatic heterocycles. The predicted molar refractivity (Wildman–Crippen MR) is 70.1 cm³/mol. The molecule has 1 atom stereocenters. The van der Waals surface area contributed by atoms with E-state index in [1.54, 1.807) is 0 Å². The van der Waals surface area contributed by atoms with Crippen molar-refractivity contribution in [1.82, 2.24) is 4.98 Å². The van der Waals surface area contributed by atoms with Gasteiger partial charge < -0.3 is 15.7 Å². The van der Waals surface area contributed by atoms with Gasteiger partial charge in [-0.05, 0) is 45.2 Å². The second-order valence-corrected chi connectivity index (χ2v) is 5.20. The number of nitrogen functional groups attached to an aromatic ring is 1. The Kier molecular flexibility index (Phi) is 3.24. The second kappa shape index (κ2) is 4.53. The standard InChI is InChI=1S/C13H21N3O/c1-10-4-5-11(14)12(15-10)16-8-3-6-13(2,17)7-9-16/h4-5,17H,3,6-9,14H2,1-2H3. The molecule has 1 aromatic heterocycles. The van der Waals surface area contributed by atoms with Crippen LogP contribution in [0.15, 0.2) is 12.1 Å². The van der Waals surface area contributed by atoms with Crippen molar-refractivity contribution < 1.29 is 5.11 Å². The topological polar surface area (TPSA) is 62.4 Å². The van der Waals surface area contributed by atoms with Crippen LogP contribution in [0.25, 0.3) is 0 Å². The lowest BCUT2D eigenvalue weighted by Crippen LogP contribution is -2.29. The van der Waals surface area contributed by atoms with Gasteiger partial charge in [-0.1, -0.05) is 0 Å². The number of hydrogen-bond acceptors (Lipinski definition) is 4. The van der Waals surface area contributed by atoms with Crippen molar-refractivity contribution in [2.75, 3.05) is 23.7 Å². The molecule has 0 aliphatic carbocycles. The summed E-state index contributed by atoms with van der Waals surface area (Å²) in [6.07, 6.45) is 2.58. The zero-order chi connectivity index (χ0) is 12.5. The largest absolute Gasteiger partial charge is 0.396 e. The quantitative estimate of drug-likeness (QED) is 0.778. The van der Waals surface area contributed by atoms with Gasteiger partial charge >= 0.3 is 0 Å². The van der Waals surface area contributed by atoms with Gasteiger partial charge in [0.1, 0.15) is 0 Å². The molecule has 1 aromatic rings. The van der Waals surface area contributed by atoms with Gasteiger partial charge in [0, 0.05) is 18.8 Å². The average molecular weight is 235 g/mol. The summed E-state index contributed by atoms with van der Waals surface area (Å²) in [6, 6.07) is 3.83. The van der Waals surface area contributed by atoms with Crippen LogP contribution in [0.4, 0.5) is 11.5 Å². The molecule has 2 heterocycles. The Balaban J connectivity index is 2.19. The molecule has 0 saturated carbocycles. The third kappa shape index (κ3) is 2.88. The number of aryl methyl sites for hydroxylation is 1. The summed E-state index contributed by atoms with van der Waals surface area (Å²) in [4.78, 5) is 6.69. The Hall–Kier alpha value is -1.29. The number of hydrogen-bond donors (Lipinski definition) is 2. The summed E-state index contributed by atoms with van der Waals surface area (Å²) in [6.45, 7) is 5.60. The van der Waals surface area contributed by atoms with Crippen molar-refractivity contribution in [3.8, 4) is 0 Å². The van der Waals surface area contributed by atoms with E-state index >= 15 is 0 Å². The number of aliphatic hydroxyl groups is 1. The SMILES string of the molecule is Cc1ccc(N)c(N2CCCC(C)(O)CC2)n1. The second-order valence-electron chi connectivity index (χ2n) is 5.20. The fourth-order valence-corrected chi connectivity index (χ4v) is 2.28. The zero-order valence-electron chi connectivity index (χ0n) is 10.6. The molecule has 4 nitrogen and oxygen atoms in total. The maximum Gasteiger partial charge on any atom is 0.152 e. The number of rotatable bonds is 1. The van der Waals surface area contributed by atoms with Gasteiger partial charge in [-0.2, -0.15) is 0 Å². The Morgan fingerprint density at radius 3 is 2.88 bits per heavy atom. The van der Waals surface area contributed by atoms with Crippen molar-refractivity contribution >= 4 is 11.5 Å². The maximum atomic E-state index is 10.1. The lowest BCUT2D eigenvalue weighted by Gasteiger charge is -2.24. The van der Waals surface area contributed by atoms with Crippen molar-refractivity contribution in [2.45, 2.75) is 38.7 Å². The Morgan fingerprint density at radius 1 is 1.35 bits per heavy atom. The first-order chi connectivity index (χ1) is 7.98. The van der Waals surface area contributed by atoms with Crippen LogP contribution in [-0.2, 0) is 0 Å². The van der Waals surface area contributed by atoms with Gasteiger partial charge in [-0.15, -0.1) is 0 Å². The highest BCUT2D eigenvalue weighted by atomic mass is 16.3. The highest BCUT2D eigenvalue weighted by Crippen LogP contribution is 2.27. The lowest BCUT2D eigenvalue weighted by molar-refractivity contribution is 0.0481. The smallest absolute Gasteiger partial charge is 0.152 e. The summed E-state index contributed by atoms with van der Waals surface area (Å²) in [5, 5.41) is 10.1. The number of anilines is 2. The fraction of sp³-hybridized carbons (Fsp3) is 0.615. The van der Waals surface area contributed by atoms with Gasteiger partial charge in [-0.25, -0.2) is 4.98 Å². The van der Waals surface area contributed by atoms with Crippen molar-refractivity contribution in [1.29, 1.82) is 0 Å². The minimum atomic E-state index is -0.548. The molecule has 1 saturated heterocycles. The maximum absolute atomic E-state index is 10.1. The first-order valence-corrected chi connectivity index (χ1v) is 6.18. The minimum Gasteiger partial charge on any atom is -0.396 e. The molecule has 94 valence electrons. The monoisotopic (exact) mass is 235 g/mol. The Bertz CT molecular complexity index is 404. The van der Waals surface area contributed by atoms with Gasteiger partial charge in [0.2, 0.25) is 0 Å². The summed E-state index contributed by atoms with van der Waals surface area (Å²) < 4.78 is 0. The molecule has 1 aliphatic rings. The van der Waals surface area contributed by atoms with Crippen LogP contribution >= 0.6 is 0 Å². The summed E-state index contributed by atoms with van der Waals surface area (Å²) in [7, 11) is 0. The Morgan fingerprint density at radius 2 is 2.12 bits per heavy atom. The normalized spacial score (nSPS) is 25.7. The van der Waals surface area contributed by atoms with Gasteiger partial charge in [-0.3, -0.25) is 0 Å². The Labute approximate surface area is 102 Å². The van der Waals surface area contributed by atoms with Crippen LogP contribution in [0.5, 0.6) is 0 Å². The predicted octanol–water partition coefficient (Wildman–Crippen LogP) is 1.71. The number of pyridine rings is 1. The summed E-state index contributed by atoms with van der Waals surface area (Å²) in [5.74, 6) is 0.864. The van der Waals surface area contributed by atoms with Crippen LogP contribution in [0.3, 0.4) is 0 Å². The molecule has 1 unspecified atom stereocenters. The van der Waals surface area contributed by atoms with Crippen LogP contribution in [0.2, 0.25) is 0 Å². The number of nitrogens with zero attached hydrogens (tertiary/aromatic N) is 2. The van der Waals surface area contributed by atoms with E-state index in [2.05, 4.69) is 9.88 Å². The molecule has 0 bridgehead atoms. The third-order valence-corrected chi connectivity index (χ3v) is 3.41. The van der Waals surface area contributed by atoms with E-state index in [1.165, 1.54) is 0 Å². The molecule has 0 radical (unpaired) electrons. The fourth-order valence-electron chi connectivity index (χ4n) is 2.28. The van der Waals surface area contributed by atoms with Crippen molar-refractivity contribution in [2.24, 2.45) is 0 Å². The molecule has 0 spiro atoms. The van der Waals surface area contributed by atoms with E-state index in [-0.39, 0.29) is 0 Å². The van der Waals surface area contributed by atoms with Gasteiger partial charge in [0.15, 0.2) is 5.82 Å². The molecular formula is C13H21N3O. The highest BCUT2D eigenvalue weighted by molar-refractivity contribution is 5.62. The number of nitrogens with two attached hydrogens (primary N) is 1. The third-order valence-electron chi connectivity index (χ3n) is 3.41. The van der Waals surface area contributed by atoms with Crippen molar-refractivity contribution in [3.63, 3.8) is 0 Å². The molecule has 17 heavy (non-hydrogen) atoms. The first kappa shape index (κ1) is 12.2. The van der Waals surface area contributed by atoms with Crippen LogP contribution < -0.4 is 10.6 Å². The molecule has 1 fully saturated rings. The van der Waals surface area contributed by atoms with E-state index < -0.39 is 5.60 Å². The highest BCUT2D eigenvalue weighted by Gasteiger charge is 2.26. The molecule has 4 heteroatoms. The van der Waals surface area contributed by atoms with Gasteiger partial charge in [0.05, 0.1) is 11.3 Å². The zero-order valence-corrected chi connectivity index (χ0v) is 10.6. The average Bonchev–Trinajstić information content (AvgIpc) is 2.43. The molecule has 0 aromatic carbocycles. The summed E-state index contributed by atoms with van der Waals surface area (Å²) in [5.41, 5.74) is 7.12. The number of aromatic nitrogens is 1. The van der Waals surface area contributed by atoms with E-state index in [1.807, 2.05) is 26.0 Å². The van der Waals surface area contributed by atoms with Crippen LogP contribution in [0.1, 0.15) is 31.9 Å². The molecule has 2 rings (SSSR count). The van der Waals surface area contributed by atoms with E-state index in [9.17, 15) is 5.11 Å². The molecule has 0 amide bonds. The summed E-state index contributed by atoms with van der Waals surface area (Å²) >= 11 is 0. The van der Waals surface area contributed by atoms with Crippen molar-refractivity contribution in [3.05, 3.63) is 17.8 Å². The first-order valence-electron chi connectivity index (χ1n) is 6.18. The van der Waals surface area contributed by atoms with E-state index in [0.717, 1.165) is 49.6 Å². The van der Waals surface area contributed by atoms with E-state index in [0.29, 0.717) is 0 Å². The van der Waals surface area contributed by atoms with E-state index in [4.69, 9.17) is 5.73 Å². The molecular weight excluding hydrogens is 214 g/mol. The lowest BCUT2D eigenvalue weighted by atomic mass is 9.98. The minimum absolute atomic E-state index is 0.548. The van der Waals surface area contributed by atoms with Crippen LogP contribution in [-0.4, -0.2) is 28.8 Å². The molecule has 3 N–H and O–H groups in total. The van der Waals surface area contributed by atoms with Gasteiger partial charge in [0.25, 0.3) is 0 Å². The van der Waals surface area contributed by atoms with Crippen LogP contribution in [0, 0.1) is 6.92 Å².